The van der Waals surface area contributed by atoms with E-state index in [0.29, 0.717) is 22.4 Å². The van der Waals surface area contributed by atoms with E-state index < -0.39 is 0 Å². The molecular formula is C10H6BrFN4. The standard InChI is InChI=1S/C10H6BrFN4/c11-9-1-7(12)3-14-10(9)5-16-4-8(2-13)15-6-16/h1,3-4,6H,5H2. The van der Waals surface area contributed by atoms with E-state index in [0.717, 1.165) is 6.20 Å². The van der Waals surface area contributed by atoms with Crippen LogP contribution in [0.25, 0.3) is 0 Å². The van der Waals surface area contributed by atoms with E-state index in [9.17, 15) is 4.39 Å². The van der Waals surface area contributed by atoms with Crippen LogP contribution in [0.1, 0.15) is 11.4 Å². The molecule has 0 spiro atoms. The van der Waals surface area contributed by atoms with Gasteiger partial charge in [0.2, 0.25) is 0 Å². The first-order valence-electron chi connectivity index (χ1n) is 4.41. The van der Waals surface area contributed by atoms with Crippen LogP contribution < -0.4 is 0 Å². The van der Waals surface area contributed by atoms with Gasteiger partial charge in [0.05, 0.1) is 24.8 Å². The summed E-state index contributed by atoms with van der Waals surface area (Å²) in [7, 11) is 0. The monoisotopic (exact) mass is 280 g/mol. The molecule has 0 fully saturated rings. The van der Waals surface area contributed by atoms with Gasteiger partial charge in [-0.2, -0.15) is 5.26 Å². The number of aromatic nitrogens is 3. The largest absolute Gasteiger partial charge is 0.330 e. The molecule has 2 aromatic rings. The van der Waals surface area contributed by atoms with Gasteiger partial charge in [-0.3, -0.25) is 4.98 Å². The van der Waals surface area contributed by atoms with E-state index in [4.69, 9.17) is 5.26 Å². The molecule has 2 heterocycles. The summed E-state index contributed by atoms with van der Waals surface area (Å²) in [5, 5.41) is 8.61. The summed E-state index contributed by atoms with van der Waals surface area (Å²) in [6.45, 7) is 0.440. The molecule has 0 aliphatic carbocycles. The number of pyridine rings is 1. The number of hydrogen-bond donors (Lipinski definition) is 0. The summed E-state index contributed by atoms with van der Waals surface area (Å²) in [5.41, 5.74) is 1.03. The molecule has 0 amide bonds. The fourth-order valence-corrected chi connectivity index (χ4v) is 1.68. The predicted molar refractivity (Wildman–Crippen MR) is 57.9 cm³/mol. The Hall–Kier alpha value is -1.74. The quantitative estimate of drug-likeness (QED) is 0.847. The second kappa shape index (κ2) is 4.41. The lowest BCUT2D eigenvalue weighted by atomic mass is 10.3. The van der Waals surface area contributed by atoms with Crippen molar-refractivity contribution in [1.29, 1.82) is 5.26 Å². The van der Waals surface area contributed by atoms with Crippen LogP contribution in [0.5, 0.6) is 0 Å². The minimum atomic E-state index is -0.390. The van der Waals surface area contributed by atoms with Crippen LogP contribution in [0.2, 0.25) is 0 Å². The van der Waals surface area contributed by atoms with Crippen molar-refractivity contribution in [2.75, 3.05) is 0 Å². The topological polar surface area (TPSA) is 54.5 Å². The minimum absolute atomic E-state index is 0.346. The number of imidazole rings is 1. The van der Waals surface area contributed by atoms with Crippen LogP contribution in [-0.2, 0) is 6.54 Å². The molecular weight excluding hydrogens is 275 g/mol. The molecule has 0 saturated heterocycles. The van der Waals surface area contributed by atoms with E-state index in [2.05, 4.69) is 25.9 Å². The van der Waals surface area contributed by atoms with E-state index in [1.54, 1.807) is 10.8 Å². The van der Waals surface area contributed by atoms with Gasteiger partial charge in [-0.05, 0) is 22.0 Å². The van der Waals surface area contributed by atoms with Crippen molar-refractivity contribution in [2.24, 2.45) is 0 Å². The normalized spacial score (nSPS) is 10.1. The summed E-state index contributed by atoms with van der Waals surface area (Å²) in [6.07, 6.45) is 4.30. The molecule has 16 heavy (non-hydrogen) atoms. The highest BCUT2D eigenvalue weighted by atomic mass is 79.9. The second-order valence-corrected chi connectivity index (χ2v) is 3.98. The van der Waals surface area contributed by atoms with Crippen molar-refractivity contribution in [3.05, 3.63) is 46.5 Å². The van der Waals surface area contributed by atoms with Gasteiger partial charge in [-0.1, -0.05) is 0 Å². The number of rotatable bonds is 2. The molecule has 6 heteroatoms. The van der Waals surface area contributed by atoms with E-state index in [-0.39, 0.29) is 5.82 Å². The zero-order chi connectivity index (χ0) is 11.5. The van der Waals surface area contributed by atoms with Crippen LogP contribution in [0, 0.1) is 17.1 Å². The van der Waals surface area contributed by atoms with E-state index in [1.165, 1.54) is 12.4 Å². The Kier molecular flexibility index (Phi) is 2.97. The lowest BCUT2D eigenvalue weighted by Gasteiger charge is -2.03. The highest BCUT2D eigenvalue weighted by molar-refractivity contribution is 9.10. The molecule has 0 saturated carbocycles. The summed E-state index contributed by atoms with van der Waals surface area (Å²) < 4.78 is 15.1. The van der Waals surface area contributed by atoms with Gasteiger partial charge < -0.3 is 4.57 Å². The summed E-state index contributed by atoms with van der Waals surface area (Å²) in [6, 6.07) is 3.28. The minimum Gasteiger partial charge on any atom is -0.330 e. The zero-order valence-corrected chi connectivity index (χ0v) is 9.65. The lowest BCUT2D eigenvalue weighted by Crippen LogP contribution is -2.00. The molecule has 4 nitrogen and oxygen atoms in total. The highest BCUT2D eigenvalue weighted by Crippen LogP contribution is 2.16. The maximum absolute atomic E-state index is 12.8. The first-order chi connectivity index (χ1) is 7.69. The van der Waals surface area contributed by atoms with Crippen molar-refractivity contribution < 1.29 is 4.39 Å². The number of hydrogen-bond acceptors (Lipinski definition) is 3. The van der Waals surface area contributed by atoms with Crippen molar-refractivity contribution in [1.82, 2.24) is 14.5 Å². The molecule has 0 aliphatic heterocycles. The Bertz CT molecular complexity index is 558. The van der Waals surface area contributed by atoms with Crippen molar-refractivity contribution in [3.63, 3.8) is 0 Å². The fraction of sp³-hybridized carbons (Fsp3) is 0.100. The lowest BCUT2D eigenvalue weighted by molar-refractivity contribution is 0.615. The van der Waals surface area contributed by atoms with Crippen LogP contribution in [0.4, 0.5) is 4.39 Å². The molecule has 0 bridgehead atoms. The predicted octanol–water partition coefficient (Wildman–Crippen LogP) is 2.10. The van der Waals surface area contributed by atoms with E-state index in [1.807, 2.05) is 6.07 Å². The number of nitriles is 1. The third-order valence-corrected chi connectivity index (χ3v) is 2.65. The summed E-state index contributed by atoms with van der Waals surface area (Å²) >= 11 is 3.23. The van der Waals surface area contributed by atoms with Gasteiger partial charge in [0, 0.05) is 10.7 Å². The molecule has 0 aliphatic rings. The van der Waals surface area contributed by atoms with Crippen molar-refractivity contribution in [2.45, 2.75) is 6.54 Å². The maximum Gasteiger partial charge on any atom is 0.158 e. The zero-order valence-electron chi connectivity index (χ0n) is 8.06. The average molecular weight is 281 g/mol. The highest BCUT2D eigenvalue weighted by Gasteiger charge is 2.05. The van der Waals surface area contributed by atoms with Gasteiger partial charge >= 0.3 is 0 Å². The molecule has 0 atom stereocenters. The Labute approximate surface area is 99.5 Å². The molecule has 0 radical (unpaired) electrons. The first kappa shape index (κ1) is 10.8. The Morgan fingerprint density at radius 1 is 1.50 bits per heavy atom. The van der Waals surface area contributed by atoms with Crippen LogP contribution in [0.15, 0.2) is 29.3 Å². The van der Waals surface area contributed by atoms with Crippen LogP contribution in [-0.4, -0.2) is 14.5 Å². The van der Waals surface area contributed by atoms with Crippen molar-refractivity contribution in [3.8, 4) is 6.07 Å². The summed E-state index contributed by atoms with van der Waals surface area (Å²) in [4.78, 5) is 7.82. The SMILES string of the molecule is N#Cc1cn(Cc2ncc(F)cc2Br)cn1. The van der Waals surface area contributed by atoms with Crippen molar-refractivity contribution >= 4 is 15.9 Å². The Morgan fingerprint density at radius 2 is 2.31 bits per heavy atom. The van der Waals surface area contributed by atoms with Gasteiger partial charge in [0.15, 0.2) is 5.69 Å². The number of halogens is 2. The summed E-state index contributed by atoms with van der Waals surface area (Å²) in [5.74, 6) is -0.390. The van der Waals surface area contributed by atoms with Gasteiger partial charge in [-0.15, -0.1) is 0 Å². The van der Waals surface area contributed by atoms with Gasteiger partial charge in [-0.25, -0.2) is 9.37 Å². The molecule has 0 N–H and O–H groups in total. The second-order valence-electron chi connectivity index (χ2n) is 3.13. The third-order valence-electron chi connectivity index (χ3n) is 1.96. The first-order valence-corrected chi connectivity index (χ1v) is 5.20. The smallest absolute Gasteiger partial charge is 0.158 e. The molecule has 2 aromatic heterocycles. The fourth-order valence-electron chi connectivity index (χ4n) is 1.24. The van der Waals surface area contributed by atoms with Gasteiger partial charge in [0.25, 0.3) is 0 Å². The van der Waals surface area contributed by atoms with Gasteiger partial charge in [0.1, 0.15) is 11.9 Å². The van der Waals surface area contributed by atoms with E-state index >= 15 is 0 Å². The molecule has 2 rings (SSSR count). The average Bonchev–Trinajstić information content (AvgIpc) is 2.70. The molecule has 80 valence electrons. The Morgan fingerprint density at radius 3 is 2.94 bits per heavy atom. The maximum atomic E-state index is 12.8. The number of nitrogens with zero attached hydrogens (tertiary/aromatic N) is 4. The molecule has 0 unspecified atom stereocenters. The Balaban J connectivity index is 2.24. The van der Waals surface area contributed by atoms with Crippen LogP contribution in [0.3, 0.4) is 0 Å². The third kappa shape index (κ3) is 2.25. The van der Waals surface area contributed by atoms with Crippen LogP contribution >= 0.6 is 15.9 Å². The molecule has 0 aromatic carbocycles.